The Kier molecular flexibility index (Phi) is 3.44. The molecule has 1 amide bonds. The highest BCUT2D eigenvalue weighted by Gasteiger charge is 2.40. The zero-order chi connectivity index (χ0) is 14.9. The van der Waals surface area contributed by atoms with Gasteiger partial charge < -0.3 is 5.32 Å². The molecule has 2 aliphatic rings. The molecule has 1 aromatic heterocycles. The van der Waals surface area contributed by atoms with Crippen LogP contribution in [0.3, 0.4) is 0 Å². The first kappa shape index (κ1) is 13.5. The predicted molar refractivity (Wildman–Crippen MR) is 87.5 cm³/mol. The summed E-state index contributed by atoms with van der Waals surface area (Å²) in [6.45, 7) is 0. The normalized spacial score (nSPS) is 27.0. The quantitative estimate of drug-likeness (QED) is 0.895. The molecule has 2 aliphatic heterocycles. The molecule has 110 valence electrons. The van der Waals surface area contributed by atoms with Crippen LogP contribution in [0.25, 0.3) is 4.91 Å². The van der Waals surface area contributed by atoms with Crippen LogP contribution in [0.2, 0.25) is 0 Å². The highest BCUT2D eigenvalue weighted by molar-refractivity contribution is 8.09. The molecule has 0 aliphatic carbocycles. The molecule has 4 nitrogen and oxygen atoms in total. The van der Waals surface area contributed by atoms with Crippen LogP contribution < -0.4 is 10.6 Å². The largest absolute Gasteiger partial charge is 0.335 e. The topological polar surface area (TPSA) is 54.0 Å². The summed E-state index contributed by atoms with van der Waals surface area (Å²) < 4.78 is 0. The van der Waals surface area contributed by atoms with E-state index in [1.54, 1.807) is 18.0 Å². The lowest BCUT2D eigenvalue weighted by atomic mass is 10.0. The summed E-state index contributed by atoms with van der Waals surface area (Å²) in [4.78, 5) is 17.9. The van der Waals surface area contributed by atoms with Gasteiger partial charge in [-0.1, -0.05) is 42.5 Å². The zero-order valence-corrected chi connectivity index (χ0v) is 12.6. The lowest BCUT2D eigenvalue weighted by molar-refractivity contribution is -0.126. The van der Waals surface area contributed by atoms with E-state index in [2.05, 4.69) is 33.8 Å². The highest BCUT2D eigenvalue weighted by Crippen LogP contribution is 2.43. The second-order valence-electron chi connectivity index (χ2n) is 5.32. The molecule has 3 heterocycles. The van der Waals surface area contributed by atoms with E-state index >= 15 is 0 Å². The van der Waals surface area contributed by atoms with Crippen LogP contribution in [0.4, 0.5) is 0 Å². The van der Waals surface area contributed by atoms with E-state index < -0.39 is 0 Å². The Bertz CT molecular complexity index is 717. The molecular weight excluding hydrogens is 294 g/mol. The van der Waals surface area contributed by atoms with Crippen molar-refractivity contribution >= 4 is 22.6 Å². The van der Waals surface area contributed by atoms with Crippen molar-refractivity contribution in [1.82, 2.24) is 15.6 Å². The maximum absolute atomic E-state index is 12.4. The molecule has 4 rings (SSSR count). The van der Waals surface area contributed by atoms with E-state index in [-0.39, 0.29) is 23.4 Å². The Balaban J connectivity index is 1.57. The van der Waals surface area contributed by atoms with Gasteiger partial charge in [0.2, 0.25) is 5.91 Å². The minimum atomic E-state index is -0.231. The van der Waals surface area contributed by atoms with Crippen LogP contribution in [0.5, 0.6) is 0 Å². The summed E-state index contributed by atoms with van der Waals surface area (Å²) in [5.74, 6) is -0.0852. The second kappa shape index (κ2) is 5.59. The van der Waals surface area contributed by atoms with Crippen molar-refractivity contribution in [3.05, 3.63) is 72.1 Å². The standard InChI is InChI=1S/C17H15N3OS/c21-16-12-10-14(11-6-2-1-3-7-11)22-17(12)20-15(19-16)13-8-4-5-9-18-13/h1-10,12,15,17,20H,(H,19,21). The number of hydrogen-bond acceptors (Lipinski definition) is 4. The second-order valence-corrected chi connectivity index (χ2v) is 6.51. The predicted octanol–water partition coefficient (Wildman–Crippen LogP) is 2.53. The molecule has 5 heteroatoms. The van der Waals surface area contributed by atoms with Gasteiger partial charge in [-0.3, -0.25) is 15.1 Å². The van der Waals surface area contributed by atoms with Gasteiger partial charge in [0, 0.05) is 11.1 Å². The molecule has 2 aromatic rings. The Morgan fingerprint density at radius 2 is 1.86 bits per heavy atom. The molecule has 1 saturated heterocycles. The summed E-state index contributed by atoms with van der Waals surface area (Å²) in [7, 11) is 0. The molecule has 2 N–H and O–H groups in total. The van der Waals surface area contributed by atoms with Crippen molar-refractivity contribution < 1.29 is 4.79 Å². The number of thioether (sulfide) groups is 1. The molecule has 3 atom stereocenters. The van der Waals surface area contributed by atoms with Gasteiger partial charge in [0.05, 0.1) is 17.0 Å². The van der Waals surface area contributed by atoms with Crippen LogP contribution in [0.1, 0.15) is 17.4 Å². The van der Waals surface area contributed by atoms with E-state index in [1.165, 1.54) is 0 Å². The third-order valence-corrected chi connectivity index (χ3v) is 5.18. The van der Waals surface area contributed by atoms with Gasteiger partial charge in [-0.25, -0.2) is 0 Å². The van der Waals surface area contributed by atoms with Gasteiger partial charge in [0.25, 0.3) is 0 Å². The third kappa shape index (κ3) is 2.42. The Morgan fingerprint density at radius 3 is 2.64 bits per heavy atom. The number of aromatic nitrogens is 1. The fourth-order valence-corrected chi connectivity index (χ4v) is 4.09. The number of hydrogen-bond donors (Lipinski definition) is 2. The SMILES string of the molecule is O=C1NC(c2ccccn2)NC2SC(c3ccccc3)=CC12. The average molecular weight is 309 g/mol. The third-order valence-electron chi connectivity index (χ3n) is 3.87. The van der Waals surface area contributed by atoms with Crippen LogP contribution in [-0.4, -0.2) is 16.3 Å². The fraction of sp³-hybridized carbons (Fsp3) is 0.176. The lowest BCUT2D eigenvalue weighted by Gasteiger charge is -2.32. The number of carbonyl (C=O) groups is 1. The first-order chi connectivity index (χ1) is 10.8. The maximum Gasteiger partial charge on any atom is 0.230 e. The van der Waals surface area contributed by atoms with Crippen molar-refractivity contribution in [2.45, 2.75) is 11.5 Å². The molecule has 0 saturated carbocycles. The number of amides is 1. The van der Waals surface area contributed by atoms with Gasteiger partial charge in [-0.05, 0) is 17.7 Å². The van der Waals surface area contributed by atoms with Crippen LogP contribution >= 0.6 is 11.8 Å². The lowest BCUT2D eigenvalue weighted by Crippen LogP contribution is -2.53. The van der Waals surface area contributed by atoms with Crippen molar-refractivity contribution in [1.29, 1.82) is 0 Å². The Hall–Kier alpha value is -2.11. The minimum absolute atomic E-state index is 0.0518. The van der Waals surface area contributed by atoms with E-state index in [0.717, 1.165) is 16.2 Å². The monoisotopic (exact) mass is 309 g/mol. The molecule has 22 heavy (non-hydrogen) atoms. The Labute approximate surface area is 133 Å². The smallest absolute Gasteiger partial charge is 0.230 e. The van der Waals surface area contributed by atoms with Crippen molar-refractivity contribution in [2.75, 3.05) is 0 Å². The molecule has 3 unspecified atom stereocenters. The molecule has 0 radical (unpaired) electrons. The van der Waals surface area contributed by atoms with Gasteiger partial charge in [0.15, 0.2) is 0 Å². The first-order valence-corrected chi connectivity index (χ1v) is 8.10. The molecule has 1 aromatic carbocycles. The first-order valence-electron chi connectivity index (χ1n) is 7.22. The van der Waals surface area contributed by atoms with Crippen LogP contribution in [0, 0.1) is 5.92 Å². The van der Waals surface area contributed by atoms with Crippen molar-refractivity contribution in [3.63, 3.8) is 0 Å². The zero-order valence-electron chi connectivity index (χ0n) is 11.8. The summed E-state index contributed by atoms with van der Waals surface area (Å²) in [6.07, 6.45) is 3.57. The molecule has 0 bridgehead atoms. The number of pyridine rings is 1. The van der Waals surface area contributed by atoms with Crippen molar-refractivity contribution in [2.24, 2.45) is 5.92 Å². The fourth-order valence-electron chi connectivity index (χ4n) is 2.77. The summed E-state index contributed by atoms with van der Waals surface area (Å²) in [5.41, 5.74) is 1.99. The van der Waals surface area contributed by atoms with E-state index in [0.29, 0.717) is 0 Å². The number of carbonyl (C=O) groups excluding carboxylic acids is 1. The summed E-state index contributed by atoms with van der Waals surface area (Å²) in [6, 6.07) is 15.9. The van der Waals surface area contributed by atoms with E-state index in [9.17, 15) is 4.79 Å². The van der Waals surface area contributed by atoms with Crippen molar-refractivity contribution in [3.8, 4) is 0 Å². The van der Waals surface area contributed by atoms with Gasteiger partial charge in [0.1, 0.15) is 6.17 Å². The van der Waals surface area contributed by atoms with E-state index in [1.807, 2.05) is 36.4 Å². The molecule has 0 spiro atoms. The van der Waals surface area contributed by atoms with Crippen LogP contribution in [-0.2, 0) is 4.79 Å². The molecular formula is C17H15N3OS. The summed E-state index contributed by atoms with van der Waals surface area (Å²) in [5, 5.41) is 6.54. The van der Waals surface area contributed by atoms with Crippen LogP contribution in [0.15, 0.2) is 60.8 Å². The number of nitrogens with one attached hydrogen (secondary N) is 2. The Morgan fingerprint density at radius 1 is 1.05 bits per heavy atom. The molecule has 1 fully saturated rings. The highest BCUT2D eigenvalue weighted by atomic mass is 32.2. The average Bonchev–Trinajstić information content (AvgIpc) is 3.01. The summed E-state index contributed by atoms with van der Waals surface area (Å²) >= 11 is 1.71. The number of nitrogens with zero attached hydrogens (tertiary/aromatic N) is 1. The maximum atomic E-state index is 12.4. The van der Waals surface area contributed by atoms with E-state index in [4.69, 9.17) is 0 Å². The van der Waals surface area contributed by atoms with Gasteiger partial charge >= 0.3 is 0 Å². The van der Waals surface area contributed by atoms with Gasteiger partial charge in [-0.15, -0.1) is 11.8 Å². The number of benzene rings is 1. The minimum Gasteiger partial charge on any atom is -0.335 e. The number of fused-ring (bicyclic) bond motifs is 1. The van der Waals surface area contributed by atoms with Gasteiger partial charge in [-0.2, -0.15) is 0 Å². The number of rotatable bonds is 2.